The molecule has 0 atom stereocenters. The van der Waals surface area contributed by atoms with Gasteiger partial charge in [-0.3, -0.25) is 9.69 Å². The molecule has 5 nitrogen and oxygen atoms in total. The van der Waals surface area contributed by atoms with Gasteiger partial charge in [-0.05, 0) is 31.2 Å². The van der Waals surface area contributed by atoms with E-state index >= 15 is 0 Å². The lowest BCUT2D eigenvalue weighted by molar-refractivity contribution is 0.101. The number of hydrogen-bond donors (Lipinski definition) is 1. The predicted molar refractivity (Wildman–Crippen MR) is 104 cm³/mol. The molecule has 1 N–H and O–H groups in total. The highest BCUT2D eigenvalue weighted by molar-refractivity contribution is 6.31. The Morgan fingerprint density at radius 2 is 1.81 bits per heavy atom. The number of anilines is 1. The molecule has 2 aromatic carbocycles. The maximum Gasteiger partial charge on any atom is 0.321 e. The lowest BCUT2D eigenvalue weighted by atomic mass is 10.1. The van der Waals surface area contributed by atoms with E-state index in [1.54, 1.807) is 41.3 Å². The number of piperazine rings is 1. The van der Waals surface area contributed by atoms with Gasteiger partial charge in [-0.1, -0.05) is 29.8 Å². The Morgan fingerprint density at radius 3 is 2.48 bits per heavy atom. The Hall–Kier alpha value is -2.44. The molecule has 2 aromatic rings. The summed E-state index contributed by atoms with van der Waals surface area (Å²) in [5.41, 5.74) is 1.63. The molecule has 0 bridgehead atoms. The molecule has 7 heteroatoms. The maximum absolute atomic E-state index is 13.9. The van der Waals surface area contributed by atoms with E-state index < -0.39 is 0 Å². The van der Waals surface area contributed by atoms with E-state index in [-0.39, 0.29) is 17.6 Å². The van der Waals surface area contributed by atoms with Crippen LogP contribution >= 0.6 is 11.6 Å². The zero-order chi connectivity index (χ0) is 19.4. The summed E-state index contributed by atoms with van der Waals surface area (Å²) in [7, 11) is 0. The number of carbonyl (C=O) groups is 2. The molecule has 2 amide bonds. The molecule has 1 aliphatic rings. The summed E-state index contributed by atoms with van der Waals surface area (Å²) < 4.78 is 13.9. The van der Waals surface area contributed by atoms with Crippen molar-refractivity contribution in [3.05, 3.63) is 64.4 Å². The molecule has 0 aromatic heterocycles. The average Bonchev–Trinajstić information content (AvgIpc) is 2.65. The quantitative estimate of drug-likeness (QED) is 0.803. The van der Waals surface area contributed by atoms with Crippen molar-refractivity contribution in [3.8, 4) is 0 Å². The molecule has 142 valence electrons. The number of amides is 2. The highest BCUT2D eigenvalue weighted by Crippen LogP contribution is 2.21. The van der Waals surface area contributed by atoms with Crippen molar-refractivity contribution in [2.24, 2.45) is 0 Å². The van der Waals surface area contributed by atoms with Crippen LogP contribution in [0, 0.1) is 5.82 Å². The van der Waals surface area contributed by atoms with Crippen molar-refractivity contribution in [3.63, 3.8) is 0 Å². The normalized spacial score (nSPS) is 14.9. The first kappa shape index (κ1) is 19.3. The minimum absolute atomic E-state index is 0.0495. The number of carbonyl (C=O) groups excluding carboxylic acids is 2. The van der Waals surface area contributed by atoms with Gasteiger partial charge in [-0.15, -0.1) is 0 Å². The lowest BCUT2D eigenvalue weighted by Gasteiger charge is -2.34. The molecular weight excluding hydrogens is 369 g/mol. The van der Waals surface area contributed by atoms with Crippen molar-refractivity contribution in [1.82, 2.24) is 9.80 Å². The third-order valence-electron chi connectivity index (χ3n) is 4.62. The van der Waals surface area contributed by atoms with Gasteiger partial charge in [0.25, 0.3) is 0 Å². The summed E-state index contributed by atoms with van der Waals surface area (Å²) in [4.78, 5) is 27.7. The first-order chi connectivity index (χ1) is 12.9. The second kappa shape index (κ2) is 8.50. The number of nitrogens with zero attached hydrogens (tertiary/aromatic N) is 2. The summed E-state index contributed by atoms with van der Waals surface area (Å²) in [6.07, 6.45) is 0. The van der Waals surface area contributed by atoms with Crippen LogP contribution in [0.5, 0.6) is 0 Å². The Bertz CT molecular complexity index is 831. The topological polar surface area (TPSA) is 52.7 Å². The fraction of sp³-hybridized carbons (Fsp3) is 0.300. The Labute approximate surface area is 162 Å². The van der Waals surface area contributed by atoms with E-state index in [0.29, 0.717) is 54.6 Å². The third kappa shape index (κ3) is 4.84. The van der Waals surface area contributed by atoms with Crippen LogP contribution in [0.25, 0.3) is 0 Å². The van der Waals surface area contributed by atoms with Crippen LogP contribution in [-0.2, 0) is 6.54 Å². The first-order valence-corrected chi connectivity index (χ1v) is 9.14. The summed E-state index contributed by atoms with van der Waals surface area (Å²) in [6.45, 7) is 4.23. The molecule has 1 saturated heterocycles. The number of Topliss-reactive ketones (excluding diaryl/α,β-unsaturated/α-hetero) is 1. The van der Waals surface area contributed by atoms with Crippen molar-refractivity contribution in [2.45, 2.75) is 13.5 Å². The number of rotatable bonds is 4. The summed E-state index contributed by atoms with van der Waals surface area (Å²) in [6, 6.07) is 11.3. The molecule has 27 heavy (non-hydrogen) atoms. The molecule has 1 heterocycles. The van der Waals surface area contributed by atoms with Crippen LogP contribution in [0.2, 0.25) is 5.02 Å². The van der Waals surface area contributed by atoms with Gasteiger partial charge in [0.1, 0.15) is 5.82 Å². The van der Waals surface area contributed by atoms with Crippen molar-refractivity contribution in [2.75, 3.05) is 31.5 Å². The molecule has 0 radical (unpaired) electrons. The molecule has 0 saturated carbocycles. The van der Waals surface area contributed by atoms with E-state index in [1.807, 2.05) is 0 Å². The zero-order valence-electron chi connectivity index (χ0n) is 15.0. The SMILES string of the molecule is CC(=O)c1cccc(NC(=O)N2CCN(Cc3c(F)cccc3Cl)CC2)c1. The molecule has 0 spiro atoms. The van der Waals surface area contributed by atoms with E-state index in [2.05, 4.69) is 10.2 Å². The van der Waals surface area contributed by atoms with Crippen molar-refractivity contribution < 1.29 is 14.0 Å². The number of ketones is 1. The van der Waals surface area contributed by atoms with E-state index in [4.69, 9.17) is 11.6 Å². The molecule has 0 aliphatic carbocycles. The van der Waals surface area contributed by atoms with Gasteiger partial charge >= 0.3 is 6.03 Å². The molecule has 1 fully saturated rings. The standard InChI is InChI=1S/C20H21ClFN3O2/c1-14(26)15-4-2-5-16(12-15)23-20(27)25-10-8-24(9-11-25)13-17-18(21)6-3-7-19(17)22/h2-7,12H,8-11,13H2,1H3,(H,23,27). The van der Waals surface area contributed by atoms with Crippen LogP contribution < -0.4 is 5.32 Å². The first-order valence-electron chi connectivity index (χ1n) is 8.76. The minimum Gasteiger partial charge on any atom is -0.322 e. The number of nitrogens with one attached hydrogen (secondary N) is 1. The van der Waals surface area contributed by atoms with Gasteiger partial charge in [0.15, 0.2) is 5.78 Å². The van der Waals surface area contributed by atoms with Gasteiger partial charge in [-0.2, -0.15) is 0 Å². The second-order valence-electron chi connectivity index (χ2n) is 6.53. The summed E-state index contributed by atoms with van der Waals surface area (Å²) in [5, 5.41) is 3.24. The zero-order valence-corrected chi connectivity index (χ0v) is 15.8. The fourth-order valence-electron chi connectivity index (χ4n) is 3.03. The van der Waals surface area contributed by atoms with Crippen LogP contribution in [0.15, 0.2) is 42.5 Å². The second-order valence-corrected chi connectivity index (χ2v) is 6.94. The smallest absolute Gasteiger partial charge is 0.321 e. The van der Waals surface area contributed by atoms with Crippen LogP contribution in [0.4, 0.5) is 14.9 Å². The highest BCUT2D eigenvalue weighted by Gasteiger charge is 2.22. The van der Waals surface area contributed by atoms with Crippen molar-refractivity contribution >= 4 is 29.1 Å². The average molecular weight is 390 g/mol. The van der Waals surface area contributed by atoms with Crippen molar-refractivity contribution in [1.29, 1.82) is 0 Å². The van der Waals surface area contributed by atoms with E-state index in [1.165, 1.54) is 13.0 Å². The predicted octanol–water partition coefficient (Wildman–Crippen LogP) is 4.03. The number of halogens is 2. The Balaban J connectivity index is 1.55. The highest BCUT2D eigenvalue weighted by atomic mass is 35.5. The Morgan fingerprint density at radius 1 is 1.11 bits per heavy atom. The summed E-state index contributed by atoms with van der Waals surface area (Å²) >= 11 is 6.09. The van der Waals surface area contributed by atoms with Gasteiger partial charge in [0.2, 0.25) is 0 Å². The number of benzene rings is 2. The molecule has 3 rings (SSSR count). The van der Waals surface area contributed by atoms with Gasteiger partial charge < -0.3 is 10.2 Å². The number of urea groups is 1. The van der Waals surface area contributed by atoms with Gasteiger partial charge in [0, 0.05) is 54.6 Å². The summed E-state index contributed by atoms with van der Waals surface area (Å²) in [5.74, 6) is -0.362. The molecular formula is C20H21ClFN3O2. The Kier molecular flexibility index (Phi) is 6.08. The van der Waals surface area contributed by atoms with Crippen LogP contribution in [0.1, 0.15) is 22.8 Å². The molecule has 1 aliphatic heterocycles. The fourth-order valence-corrected chi connectivity index (χ4v) is 3.26. The van der Waals surface area contributed by atoms with Crippen LogP contribution in [0.3, 0.4) is 0 Å². The molecule has 0 unspecified atom stereocenters. The lowest BCUT2D eigenvalue weighted by Crippen LogP contribution is -2.49. The number of hydrogen-bond acceptors (Lipinski definition) is 3. The van der Waals surface area contributed by atoms with Gasteiger partial charge in [-0.25, -0.2) is 9.18 Å². The maximum atomic E-state index is 13.9. The van der Waals surface area contributed by atoms with E-state index in [0.717, 1.165) is 0 Å². The minimum atomic E-state index is -0.312. The van der Waals surface area contributed by atoms with E-state index in [9.17, 15) is 14.0 Å². The van der Waals surface area contributed by atoms with Crippen LogP contribution in [-0.4, -0.2) is 47.8 Å². The third-order valence-corrected chi connectivity index (χ3v) is 4.98. The largest absolute Gasteiger partial charge is 0.322 e. The monoisotopic (exact) mass is 389 g/mol. The van der Waals surface area contributed by atoms with Gasteiger partial charge in [0.05, 0.1) is 0 Å².